The van der Waals surface area contributed by atoms with E-state index < -0.39 is 45.2 Å². The highest BCUT2D eigenvalue weighted by Gasteiger charge is 2.37. The summed E-state index contributed by atoms with van der Waals surface area (Å²) in [7, 11) is -1.96. The van der Waals surface area contributed by atoms with Crippen LogP contribution in [0.3, 0.4) is 0 Å². The molecule has 0 radical (unpaired) electrons. The lowest BCUT2D eigenvalue weighted by molar-refractivity contribution is 0.0606. The number of amides is 1. The summed E-state index contributed by atoms with van der Waals surface area (Å²) in [6.45, 7) is 17.0. The number of aliphatic hydroxyl groups excluding tert-OH is 3. The molecule has 0 saturated carbocycles. The molecule has 2 heterocycles. The lowest BCUT2D eigenvalue weighted by atomic mass is 9.85. The van der Waals surface area contributed by atoms with Crippen LogP contribution in [0.4, 0.5) is 10.5 Å². The molecule has 0 atom stereocenters. The Morgan fingerprint density at radius 3 is 2.13 bits per heavy atom. The molecule has 39 heavy (non-hydrogen) atoms. The summed E-state index contributed by atoms with van der Waals surface area (Å²) in [5, 5.41) is 32.9. The Kier molecular flexibility index (Phi) is 10.7. The Bertz CT molecular complexity index is 1110. The van der Waals surface area contributed by atoms with E-state index in [4.69, 9.17) is 13.9 Å². The molecule has 1 amide bonds. The molecule has 0 aliphatic carbocycles. The quantitative estimate of drug-likeness (QED) is 0.231. The predicted molar refractivity (Wildman–Crippen MR) is 154 cm³/mol. The Morgan fingerprint density at radius 1 is 0.974 bits per heavy atom. The SMILES string of the molecule is Cc1ncc(NC(=O)OC(C)(C)C)cc1-c1cc(OCCO[Si](C)(C)C(C)(C)C)nc(C(CO)(CO)CO)c1. The molecular formula is C28H45N3O7Si. The van der Waals surface area contributed by atoms with Gasteiger partial charge < -0.3 is 29.2 Å². The minimum absolute atomic E-state index is 0.0597. The molecule has 218 valence electrons. The molecule has 0 aromatic carbocycles. The van der Waals surface area contributed by atoms with Crippen LogP contribution in [0.5, 0.6) is 5.88 Å². The van der Waals surface area contributed by atoms with E-state index in [1.807, 2.05) is 6.92 Å². The first-order valence-electron chi connectivity index (χ1n) is 13.1. The van der Waals surface area contributed by atoms with Gasteiger partial charge in [0.25, 0.3) is 0 Å². The fourth-order valence-electron chi connectivity index (χ4n) is 3.37. The van der Waals surface area contributed by atoms with Crippen molar-refractivity contribution in [1.82, 2.24) is 9.97 Å². The second-order valence-electron chi connectivity index (χ2n) is 12.3. The van der Waals surface area contributed by atoms with Gasteiger partial charge in [0.1, 0.15) is 12.2 Å². The number of pyridine rings is 2. The summed E-state index contributed by atoms with van der Waals surface area (Å²) in [6, 6.07) is 5.13. The van der Waals surface area contributed by atoms with Gasteiger partial charge in [0, 0.05) is 17.3 Å². The summed E-state index contributed by atoms with van der Waals surface area (Å²) in [5.41, 5.74) is 0.587. The van der Waals surface area contributed by atoms with Gasteiger partial charge in [-0.25, -0.2) is 9.78 Å². The number of aryl methyl sites for hydroxylation is 1. The van der Waals surface area contributed by atoms with Crippen LogP contribution in [0.2, 0.25) is 18.1 Å². The second kappa shape index (κ2) is 12.7. The highest BCUT2D eigenvalue weighted by atomic mass is 28.4. The Morgan fingerprint density at radius 2 is 1.59 bits per heavy atom. The largest absolute Gasteiger partial charge is 0.475 e. The molecule has 0 fully saturated rings. The highest BCUT2D eigenvalue weighted by molar-refractivity contribution is 6.74. The molecule has 0 aliphatic heterocycles. The fourth-order valence-corrected chi connectivity index (χ4v) is 4.40. The number of nitrogens with one attached hydrogen (secondary N) is 1. The van der Waals surface area contributed by atoms with Gasteiger partial charge in [-0.2, -0.15) is 0 Å². The maximum Gasteiger partial charge on any atom is 0.412 e. The zero-order valence-corrected chi connectivity index (χ0v) is 25.7. The Balaban J connectivity index is 2.44. The van der Waals surface area contributed by atoms with Crippen molar-refractivity contribution in [3.05, 3.63) is 35.8 Å². The maximum absolute atomic E-state index is 12.3. The van der Waals surface area contributed by atoms with Crippen LogP contribution in [0.25, 0.3) is 11.1 Å². The molecule has 0 saturated heterocycles. The average molecular weight is 564 g/mol. The molecule has 2 aromatic rings. The Labute approximate surface area is 232 Å². The molecule has 2 rings (SSSR count). The van der Waals surface area contributed by atoms with Crippen LogP contribution >= 0.6 is 0 Å². The first kappa shape index (κ1) is 32.6. The molecule has 2 aromatic heterocycles. The first-order valence-corrected chi connectivity index (χ1v) is 16.0. The lowest BCUT2D eigenvalue weighted by Gasteiger charge is -2.36. The monoisotopic (exact) mass is 563 g/mol. The molecule has 0 spiro atoms. The number of aromatic nitrogens is 2. The third-order valence-corrected chi connectivity index (χ3v) is 11.4. The third-order valence-electron chi connectivity index (χ3n) is 6.90. The van der Waals surface area contributed by atoms with E-state index in [0.717, 1.165) is 0 Å². The van der Waals surface area contributed by atoms with Gasteiger partial charge in [-0.15, -0.1) is 0 Å². The number of carbonyl (C=O) groups excluding carboxylic acids is 1. The number of nitrogens with zero attached hydrogens (tertiary/aromatic N) is 2. The van der Waals surface area contributed by atoms with E-state index in [1.165, 1.54) is 6.20 Å². The standard InChI is InChI=1S/C28H45N3O7Si/c1-19-22(14-21(15-29-19)30-25(35)38-26(2,3)4)20-12-23(28(16-32,17-33)18-34)31-24(13-20)36-10-11-37-39(8,9)27(5,6)7/h12-15,32-34H,10-11,16-18H2,1-9H3,(H,30,35). The number of ether oxygens (including phenoxy) is 2. The van der Waals surface area contributed by atoms with E-state index in [2.05, 4.69) is 49.1 Å². The van der Waals surface area contributed by atoms with Crippen LogP contribution in [-0.4, -0.2) is 78.3 Å². The predicted octanol–water partition coefficient (Wildman–Crippen LogP) is 4.41. The molecule has 0 unspecified atom stereocenters. The first-order chi connectivity index (χ1) is 18.0. The number of carbonyl (C=O) groups is 1. The van der Waals surface area contributed by atoms with Gasteiger partial charge in [-0.1, -0.05) is 20.8 Å². The van der Waals surface area contributed by atoms with Crippen molar-refractivity contribution >= 4 is 20.1 Å². The Hall–Kier alpha value is -2.57. The lowest BCUT2D eigenvalue weighted by Crippen LogP contribution is -2.41. The highest BCUT2D eigenvalue weighted by Crippen LogP contribution is 2.36. The summed E-state index contributed by atoms with van der Waals surface area (Å²) >= 11 is 0. The van der Waals surface area contributed by atoms with Gasteiger partial charge in [-0.3, -0.25) is 10.3 Å². The second-order valence-corrected chi connectivity index (χ2v) is 17.1. The summed E-state index contributed by atoms with van der Waals surface area (Å²) < 4.78 is 17.5. The smallest absolute Gasteiger partial charge is 0.412 e. The number of hydrogen-bond acceptors (Lipinski definition) is 9. The van der Waals surface area contributed by atoms with Crippen molar-refractivity contribution in [1.29, 1.82) is 0 Å². The summed E-state index contributed by atoms with van der Waals surface area (Å²) in [4.78, 5) is 21.2. The topological polar surface area (TPSA) is 143 Å². The van der Waals surface area contributed by atoms with Gasteiger partial charge in [0.05, 0.1) is 49.4 Å². The van der Waals surface area contributed by atoms with Gasteiger partial charge >= 0.3 is 6.09 Å². The van der Waals surface area contributed by atoms with Gasteiger partial charge in [0.2, 0.25) is 5.88 Å². The van der Waals surface area contributed by atoms with Crippen molar-refractivity contribution < 1.29 is 34.0 Å². The zero-order chi connectivity index (χ0) is 29.6. The third kappa shape index (κ3) is 8.71. The van der Waals surface area contributed by atoms with Crippen molar-refractivity contribution in [2.45, 2.75) is 77.6 Å². The zero-order valence-electron chi connectivity index (χ0n) is 24.7. The van der Waals surface area contributed by atoms with E-state index >= 15 is 0 Å². The maximum atomic E-state index is 12.3. The summed E-state index contributed by atoms with van der Waals surface area (Å²) in [5.74, 6) is 0.242. The molecular weight excluding hydrogens is 518 g/mol. The van der Waals surface area contributed by atoms with E-state index in [-0.39, 0.29) is 23.2 Å². The van der Waals surface area contributed by atoms with E-state index in [1.54, 1.807) is 39.0 Å². The minimum atomic E-state index is -1.96. The van der Waals surface area contributed by atoms with Crippen LogP contribution in [0, 0.1) is 6.92 Å². The van der Waals surface area contributed by atoms with Crippen molar-refractivity contribution in [2.24, 2.45) is 0 Å². The van der Waals surface area contributed by atoms with Crippen molar-refractivity contribution in [2.75, 3.05) is 38.4 Å². The molecule has 11 heteroatoms. The molecule has 0 aliphatic rings. The number of rotatable bonds is 11. The van der Waals surface area contributed by atoms with Crippen LogP contribution in [0.15, 0.2) is 24.4 Å². The number of aliphatic hydroxyl groups is 3. The average Bonchev–Trinajstić information content (AvgIpc) is 2.82. The number of anilines is 1. The van der Waals surface area contributed by atoms with Crippen LogP contribution in [-0.2, 0) is 14.6 Å². The minimum Gasteiger partial charge on any atom is -0.475 e. The normalized spacial score (nSPS) is 12.8. The van der Waals surface area contributed by atoms with Gasteiger partial charge in [0.15, 0.2) is 8.32 Å². The van der Waals surface area contributed by atoms with Crippen LogP contribution < -0.4 is 10.1 Å². The molecule has 0 bridgehead atoms. The summed E-state index contributed by atoms with van der Waals surface area (Å²) in [6.07, 6.45) is 0.917. The molecule has 10 nitrogen and oxygen atoms in total. The van der Waals surface area contributed by atoms with E-state index in [9.17, 15) is 20.1 Å². The van der Waals surface area contributed by atoms with Crippen molar-refractivity contribution in [3.8, 4) is 17.0 Å². The van der Waals surface area contributed by atoms with Gasteiger partial charge in [-0.05, 0) is 63.5 Å². The van der Waals surface area contributed by atoms with E-state index in [0.29, 0.717) is 29.1 Å². The van der Waals surface area contributed by atoms with Crippen molar-refractivity contribution in [3.63, 3.8) is 0 Å². The van der Waals surface area contributed by atoms with Crippen LogP contribution in [0.1, 0.15) is 52.9 Å². The fraction of sp³-hybridized carbons (Fsp3) is 0.607. The molecule has 4 N–H and O–H groups in total. The number of hydrogen-bond donors (Lipinski definition) is 4.